The molecule has 0 bridgehead atoms. The minimum Gasteiger partial charge on any atom is -0.496 e. The van der Waals surface area contributed by atoms with Crippen LogP contribution in [0.15, 0.2) is 48.5 Å². The van der Waals surface area contributed by atoms with Crippen LogP contribution in [0.3, 0.4) is 0 Å². The van der Waals surface area contributed by atoms with Crippen molar-refractivity contribution in [3.8, 4) is 5.75 Å². The Morgan fingerprint density at radius 1 is 1.15 bits per heavy atom. The van der Waals surface area contributed by atoms with Crippen LogP contribution in [0.1, 0.15) is 17.2 Å². The fraction of sp³-hybridized carbons (Fsp3) is 0.250. The molecule has 0 aliphatic carbocycles. The Morgan fingerprint density at radius 3 is 2.55 bits per heavy atom. The van der Waals surface area contributed by atoms with Crippen molar-refractivity contribution in [1.29, 1.82) is 0 Å². The number of methoxy groups -OCH3 is 1. The SMILES string of the molecule is COc1ccc(Cl)cc1CNC(CCl)c1ccccc1. The van der Waals surface area contributed by atoms with Gasteiger partial charge in [-0.3, -0.25) is 0 Å². The van der Waals surface area contributed by atoms with Crippen LogP contribution in [0.5, 0.6) is 5.75 Å². The van der Waals surface area contributed by atoms with E-state index in [9.17, 15) is 0 Å². The number of hydrogen-bond donors (Lipinski definition) is 1. The molecule has 0 spiro atoms. The summed E-state index contributed by atoms with van der Waals surface area (Å²) in [6.07, 6.45) is 0. The summed E-state index contributed by atoms with van der Waals surface area (Å²) < 4.78 is 5.34. The lowest BCUT2D eigenvalue weighted by molar-refractivity contribution is 0.406. The highest BCUT2D eigenvalue weighted by Gasteiger charge is 2.11. The number of alkyl halides is 1. The van der Waals surface area contributed by atoms with E-state index in [0.29, 0.717) is 17.4 Å². The van der Waals surface area contributed by atoms with E-state index in [1.165, 1.54) is 5.56 Å². The molecule has 1 atom stereocenters. The standard InChI is InChI=1S/C16H17Cl2NO/c1-20-16-8-7-14(18)9-13(16)11-19-15(10-17)12-5-3-2-4-6-12/h2-9,15,19H,10-11H2,1H3. The van der Waals surface area contributed by atoms with Gasteiger partial charge in [0.05, 0.1) is 7.11 Å². The zero-order chi connectivity index (χ0) is 14.4. The lowest BCUT2D eigenvalue weighted by Gasteiger charge is -2.17. The van der Waals surface area contributed by atoms with Crippen LogP contribution < -0.4 is 10.1 Å². The Hall–Kier alpha value is -1.22. The van der Waals surface area contributed by atoms with Crippen molar-refractivity contribution < 1.29 is 4.74 Å². The maximum absolute atomic E-state index is 6.05. The summed E-state index contributed by atoms with van der Waals surface area (Å²) in [7, 11) is 1.66. The predicted octanol–water partition coefficient (Wildman–Crippen LogP) is 4.42. The van der Waals surface area contributed by atoms with Gasteiger partial charge >= 0.3 is 0 Å². The van der Waals surface area contributed by atoms with Gasteiger partial charge in [-0.2, -0.15) is 0 Å². The summed E-state index contributed by atoms with van der Waals surface area (Å²) in [5.74, 6) is 1.33. The van der Waals surface area contributed by atoms with E-state index in [2.05, 4.69) is 17.4 Å². The van der Waals surface area contributed by atoms with Crippen molar-refractivity contribution in [1.82, 2.24) is 5.32 Å². The monoisotopic (exact) mass is 309 g/mol. The second-order valence-electron chi connectivity index (χ2n) is 4.45. The maximum atomic E-state index is 6.05. The fourth-order valence-electron chi connectivity index (χ4n) is 2.07. The van der Waals surface area contributed by atoms with Gasteiger partial charge in [0.25, 0.3) is 0 Å². The van der Waals surface area contributed by atoms with Gasteiger partial charge in [0.2, 0.25) is 0 Å². The van der Waals surface area contributed by atoms with Crippen molar-refractivity contribution in [3.05, 3.63) is 64.7 Å². The third kappa shape index (κ3) is 3.89. The van der Waals surface area contributed by atoms with E-state index in [4.69, 9.17) is 27.9 Å². The molecule has 1 unspecified atom stereocenters. The second kappa shape index (κ2) is 7.53. The van der Waals surface area contributed by atoms with Crippen LogP contribution in [0, 0.1) is 0 Å². The summed E-state index contributed by atoms with van der Waals surface area (Å²) >= 11 is 12.1. The Bertz CT molecular complexity index is 545. The molecule has 0 heterocycles. The Morgan fingerprint density at radius 2 is 1.90 bits per heavy atom. The van der Waals surface area contributed by atoms with Crippen molar-refractivity contribution in [2.75, 3.05) is 13.0 Å². The first-order chi connectivity index (χ1) is 9.74. The number of nitrogens with one attached hydrogen (secondary N) is 1. The van der Waals surface area contributed by atoms with Crippen LogP contribution in [0.2, 0.25) is 5.02 Å². The van der Waals surface area contributed by atoms with Crippen LogP contribution in [-0.2, 0) is 6.54 Å². The number of ether oxygens (including phenoxy) is 1. The molecule has 0 fully saturated rings. The molecule has 0 saturated carbocycles. The molecule has 0 aliphatic heterocycles. The first kappa shape index (κ1) is 15.2. The summed E-state index contributed by atoms with van der Waals surface area (Å²) in [6.45, 7) is 0.649. The normalized spacial score (nSPS) is 12.2. The number of rotatable bonds is 6. The molecular weight excluding hydrogens is 293 g/mol. The van der Waals surface area contributed by atoms with Crippen LogP contribution in [-0.4, -0.2) is 13.0 Å². The average molecular weight is 310 g/mol. The Kier molecular flexibility index (Phi) is 5.72. The molecular formula is C16H17Cl2NO. The van der Waals surface area contributed by atoms with Gasteiger partial charge in [0, 0.05) is 29.1 Å². The average Bonchev–Trinajstić information content (AvgIpc) is 2.49. The largest absolute Gasteiger partial charge is 0.496 e. The highest BCUT2D eigenvalue weighted by atomic mass is 35.5. The molecule has 0 aliphatic rings. The molecule has 106 valence electrons. The van der Waals surface area contributed by atoms with Crippen LogP contribution in [0.4, 0.5) is 0 Å². The second-order valence-corrected chi connectivity index (χ2v) is 5.20. The van der Waals surface area contributed by atoms with E-state index in [0.717, 1.165) is 11.3 Å². The molecule has 0 radical (unpaired) electrons. The van der Waals surface area contributed by atoms with Gasteiger partial charge in [0.1, 0.15) is 5.75 Å². The third-order valence-corrected chi connectivity index (χ3v) is 3.68. The predicted molar refractivity (Wildman–Crippen MR) is 84.7 cm³/mol. The van der Waals surface area contributed by atoms with E-state index in [-0.39, 0.29) is 6.04 Å². The molecule has 0 aromatic heterocycles. The van der Waals surface area contributed by atoms with E-state index in [1.54, 1.807) is 7.11 Å². The van der Waals surface area contributed by atoms with E-state index < -0.39 is 0 Å². The number of benzene rings is 2. The molecule has 2 nitrogen and oxygen atoms in total. The van der Waals surface area contributed by atoms with Gasteiger partial charge in [-0.1, -0.05) is 41.9 Å². The Balaban J connectivity index is 2.09. The summed E-state index contributed by atoms with van der Waals surface area (Å²) in [6, 6.07) is 15.8. The minimum absolute atomic E-state index is 0.0987. The molecule has 2 rings (SSSR count). The van der Waals surface area contributed by atoms with Crippen molar-refractivity contribution in [2.45, 2.75) is 12.6 Å². The van der Waals surface area contributed by atoms with Gasteiger partial charge in [-0.15, -0.1) is 11.6 Å². The van der Waals surface area contributed by atoms with E-state index >= 15 is 0 Å². The van der Waals surface area contributed by atoms with E-state index in [1.807, 2.05) is 36.4 Å². The summed E-state index contributed by atoms with van der Waals surface area (Å²) in [5, 5.41) is 4.13. The quantitative estimate of drug-likeness (QED) is 0.798. The molecule has 0 saturated heterocycles. The summed E-state index contributed by atoms with van der Waals surface area (Å²) in [5.41, 5.74) is 2.19. The van der Waals surface area contributed by atoms with Gasteiger partial charge in [-0.05, 0) is 23.8 Å². The first-order valence-corrected chi connectivity index (χ1v) is 7.32. The number of hydrogen-bond acceptors (Lipinski definition) is 2. The van der Waals surface area contributed by atoms with Crippen molar-refractivity contribution in [2.24, 2.45) is 0 Å². The molecule has 1 N–H and O–H groups in total. The molecule has 4 heteroatoms. The smallest absolute Gasteiger partial charge is 0.123 e. The molecule has 2 aromatic carbocycles. The Labute approximate surface area is 129 Å². The lowest BCUT2D eigenvalue weighted by atomic mass is 10.1. The highest BCUT2D eigenvalue weighted by Crippen LogP contribution is 2.23. The minimum atomic E-state index is 0.0987. The highest BCUT2D eigenvalue weighted by molar-refractivity contribution is 6.30. The zero-order valence-corrected chi connectivity index (χ0v) is 12.8. The number of halogens is 2. The third-order valence-electron chi connectivity index (χ3n) is 3.14. The van der Waals surface area contributed by atoms with Gasteiger partial charge in [-0.25, -0.2) is 0 Å². The first-order valence-electron chi connectivity index (χ1n) is 6.41. The topological polar surface area (TPSA) is 21.3 Å². The summed E-state index contributed by atoms with van der Waals surface area (Å²) in [4.78, 5) is 0. The zero-order valence-electron chi connectivity index (χ0n) is 11.3. The molecule has 20 heavy (non-hydrogen) atoms. The van der Waals surface area contributed by atoms with Crippen LogP contribution >= 0.6 is 23.2 Å². The van der Waals surface area contributed by atoms with Gasteiger partial charge < -0.3 is 10.1 Å². The molecule has 0 amide bonds. The van der Waals surface area contributed by atoms with Crippen molar-refractivity contribution in [3.63, 3.8) is 0 Å². The maximum Gasteiger partial charge on any atom is 0.123 e. The van der Waals surface area contributed by atoms with Gasteiger partial charge in [0.15, 0.2) is 0 Å². The van der Waals surface area contributed by atoms with Crippen LogP contribution in [0.25, 0.3) is 0 Å². The molecule has 2 aromatic rings. The lowest BCUT2D eigenvalue weighted by Crippen LogP contribution is -2.22. The fourth-order valence-corrected chi connectivity index (χ4v) is 2.55. The van der Waals surface area contributed by atoms with Crippen molar-refractivity contribution >= 4 is 23.2 Å².